The van der Waals surface area contributed by atoms with Gasteiger partial charge in [-0.1, -0.05) is 110 Å². The minimum absolute atomic E-state index is 0.151. The molecule has 0 rings (SSSR count). The van der Waals surface area contributed by atoms with Crippen LogP contribution in [0.25, 0.3) is 0 Å². The molecule has 0 saturated carbocycles. The summed E-state index contributed by atoms with van der Waals surface area (Å²) in [6.45, 7) is 8.38. The molecular weight excluding hydrogens is 340 g/mol. The van der Waals surface area contributed by atoms with E-state index < -0.39 is 0 Å². The Bertz CT molecular complexity index is 339. The second-order valence-electron chi connectivity index (χ2n) is 8.07. The van der Waals surface area contributed by atoms with E-state index >= 15 is 0 Å². The standard InChI is InChI=1S/C24H45ClO/c1-4-7-9-10-11-12-13-14-15-16-18-21-24(19-6-3,23(26)22-25)20-17-8-5-2/h6H,3-5,7-22H2,1-2H3. The number of allylic oxidation sites excluding steroid dienone is 1. The Balaban J connectivity index is 4.04. The van der Waals surface area contributed by atoms with Crippen LogP contribution in [0.1, 0.15) is 123 Å². The molecule has 0 fully saturated rings. The second kappa shape index (κ2) is 18.1. The summed E-state index contributed by atoms with van der Waals surface area (Å²) in [6, 6.07) is 0. The van der Waals surface area contributed by atoms with Gasteiger partial charge in [-0.25, -0.2) is 0 Å². The number of halogens is 1. The van der Waals surface area contributed by atoms with Crippen LogP contribution in [0.2, 0.25) is 0 Å². The molecule has 0 aromatic carbocycles. The van der Waals surface area contributed by atoms with E-state index in [2.05, 4.69) is 20.4 Å². The molecule has 0 bridgehead atoms. The number of carbonyl (C=O) groups excluding carboxylic acids is 1. The fraction of sp³-hybridized carbons (Fsp3) is 0.875. The lowest BCUT2D eigenvalue weighted by Gasteiger charge is -2.31. The molecule has 0 aliphatic carbocycles. The number of hydrogen-bond acceptors (Lipinski definition) is 1. The summed E-state index contributed by atoms with van der Waals surface area (Å²) in [5.74, 6) is 0.389. The molecule has 0 aromatic heterocycles. The van der Waals surface area contributed by atoms with E-state index in [1.165, 1.54) is 77.0 Å². The zero-order chi connectivity index (χ0) is 19.5. The fourth-order valence-corrected chi connectivity index (χ4v) is 4.26. The lowest BCUT2D eigenvalue weighted by molar-refractivity contribution is -0.127. The van der Waals surface area contributed by atoms with Crippen LogP contribution < -0.4 is 0 Å². The average molecular weight is 385 g/mol. The first kappa shape index (κ1) is 25.7. The number of unbranched alkanes of at least 4 members (excludes halogenated alkanes) is 12. The van der Waals surface area contributed by atoms with Crippen molar-refractivity contribution in [3.63, 3.8) is 0 Å². The van der Waals surface area contributed by atoms with Crippen molar-refractivity contribution in [2.45, 2.75) is 123 Å². The van der Waals surface area contributed by atoms with Crippen molar-refractivity contribution in [1.82, 2.24) is 0 Å². The van der Waals surface area contributed by atoms with Crippen LogP contribution in [-0.4, -0.2) is 11.7 Å². The number of Topliss-reactive ketones (excluding diaryl/α,β-unsaturated/α-hetero) is 1. The van der Waals surface area contributed by atoms with E-state index in [0.29, 0.717) is 0 Å². The number of hydrogen-bond donors (Lipinski definition) is 0. The van der Waals surface area contributed by atoms with Gasteiger partial charge in [-0.05, 0) is 19.3 Å². The van der Waals surface area contributed by atoms with E-state index in [4.69, 9.17) is 11.6 Å². The highest BCUT2D eigenvalue weighted by Gasteiger charge is 2.34. The van der Waals surface area contributed by atoms with Crippen LogP contribution in [0.3, 0.4) is 0 Å². The Hall–Kier alpha value is -0.300. The summed E-state index contributed by atoms with van der Waals surface area (Å²) in [7, 11) is 0. The van der Waals surface area contributed by atoms with Gasteiger partial charge in [0.15, 0.2) is 5.78 Å². The molecule has 0 aliphatic heterocycles. The molecule has 26 heavy (non-hydrogen) atoms. The van der Waals surface area contributed by atoms with E-state index in [1.54, 1.807) is 0 Å². The highest BCUT2D eigenvalue weighted by atomic mass is 35.5. The molecule has 0 spiro atoms. The predicted octanol–water partition coefficient (Wildman–Crippen LogP) is 8.64. The maximum atomic E-state index is 12.6. The third-order valence-corrected chi connectivity index (χ3v) is 6.01. The van der Waals surface area contributed by atoms with Crippen LogP contribution in [0.4, 0.5) is 0 Å². The molecule has 0 radical (unpaired) electrons. The highest BCUT2D eigenvalue weighted by molar-refractivity contribution is 6.28. The van der Waals surface area contributed by atoms with Gasteiger partial charge in [0.25, 0.3) is 0 Å². The highest BCUT2D eigenvalue weighted by Crippen LogP contribution is 2.37. The largest absolute Gasteiger partial charge is 0.298 e. The van der Waals surface area contributed by atoms with Crippen LogP contribution >= 0.6 is 11.6 Å². The first-order valence-electron chi connectivity index (χ1n) is 11.4. The first-order valence-corrected chi connectivity index (χ1v) is 11.9. The summed E-state index contributed by atoms with van der Waals surface area (Å²) in [5, 5.41) is 0. The van der Waals surface area contributed by atoms with Crippen LogP contribution in [0.5, 0.6) is 0 Å². The number of alkyl halides is 1. The molecule has 0 amide bonds. The van der Waals surface area contributed by atoms with Gasteiger partial charge in [0, 0.05) is 5.41 Å². The van der Waals surface area contributed by atoms with Crippen molar-refractivity contribution in [2.24, 2.45) is 5.41 Å². The number of ketones is 1. The maximum Gasteiger partial charge on any atom is 0.154 e. The smallest absolute Gasteiger partial charge is 0.154 e. The van der Waals surface area contributed by atoms with Gasteiger partial charge in [-0.2, -0.15) is 0 Å². The summed E-state index contributed by atoms with van der Waals surface area (Å²) >= 11 is 5.94. The monoisotopic (exact) mass is 384 g/mol. The number of rotatable bonds is 20. The Morgan fingerprint density at radius 3 is 1.58 bits per heavy atom. The molecule has 0 N–H and O–H groups in total. The van der Waals surface area contributed by atoms with E-state index in [9.17, 15) is 4.79 Å². The average Bonchev–Trinajstić information content (AvgIpc) is 2.65. The van der Waals surface area contributed by atoms with E-state index in [1.807, 2.05) is 6.08 Å². The maximum absolute atomic E-state index is 12.6. The predicted molar refractivity (Wildman–Crippen MR) is 118 cm³/mol. The SMILES string of the molecule is C=CCC(CCCCC)(CCCCCCCCCCCCC)C(=O)CCl. The van der Waals surface area contributed by atoms with Crippen molar-refractivity contribution in [2.75, 3.05) is 5.88 Å². The van der Waals surface area contributed by atoms with E-state index in [-0.39, 0.29) is 17.1 Å². The van der Waals surface area contributed by atoms with Crippen molar-refractivity contribution < 1.29 is 4.79 Å². The van der Waals surface area contributed by atoms with E-state index in [0.717, 1.165) is 32.1 Å². The Kier molecular flexibility index (Phi) is 17.9. The molecular formula is C24H45ClO. The molecule has 0 heterocycles. The second-order valence-corrected chi connectivity index (χ2v) is 8.34. The molecule has 154 valence electrons. The quantitative estimate of drug-likeness (QED) is 0.116. The third kappa shape index (κ3) is 12.2. The molecule has 0 aromatic rings. The van der Waals surface area contributed by atoms with Gasteiger partial charge in [0.05, 0.1) is 5.88 Å². The topological polar surface area (TPSA) is 17.1 Å². The van der Waals surface area contributed by atoms with Gasteiger partial charge >= 0.3 is 0 Å². The molecule has 1 nitrogen and oxygen atoms in total. The fourth-order valence-electron chi connectivity index (χ4n) is 3.98. The van der Waals surface area contributed by atoms with Crippen molar-refractivity contribution in [1.29, 1.82) is 0 Å². The summed E-state index contributed by atoms with van der Waals surface area (Å²) in [6.07, 6.45) is 23.0. The molecule has 0 aliphatic rings. The minimum atomic E-state index is -0.238. The molecule has 1 atom stereocenters. The van der Waals surface area contributed by atoms with Crippen LogP contribution in [0, 0.1) is 5.41 Å². The lowest BCUT2D eigenvalue weighted by Crippen LogP contribution is -2.32. The Morgan fingerprint density at radius 2 is 1.15 bits per heavy atom. The molecule has 0 saturated heterocycles. The Morgan fingerprint density at radius 1 is 0.769 bits per heavy atom. The Labute approximate surface area is 169 Å². The van der Waals surface area contributed by atoms with Gasteiger partial charge in [0.1, 0.15) is 0 Å². The summed E-state index contributed by atoms with van der Waals surface area (Å²) in [5.41, 5.74) is -0.238. The summed E-state index contributed by atoms with van der Waals surface area (Å²) in [4.78, 5) is 12.6. The first-order chi connectivity index (χ1) is 12.7. The van der Waals surface area contributed by atoms with Crippen LogP contribution in [0.15, 0.2) is 12.7 Å². The number of carbonyl (C=O) groups is 1. The van der Waals surface area contributed by atoms with Gasteiger partial charge < -0.3 is 0 Å². The normalized spacial score (nSPS) is 13.5. The zero-order valence-electron chi connectivity index (χ0n) is 17.8. The molecule has 1 unspecified atom stereocenters. The van der Waals surface area contributed by atoms with Crippen molar-refractivity contribution in [3.05, 3.63) is 12.7 Å². The van der Waals surface area contributed by atoms with Gasteiger partial charge in [-0.15, -0.1) is 18.2 Å². The van der Waals surface area contributed by atoms with Gasteiger partial charge in [0.2, 0.25) is 0 Å². The minimum Gasteiger partial charge on any atom is -0.298 e. The zero-order valence-corrected chi connectivity index (χ0v) is 18.6. The molecule has 2 heteroatoms. The van der Waals surface area contributed by atoms with Crippen molar-refractivity contribution >= 4 is 17.4 Å². The van der Waals surface area contributed by atoms with Crippen molar-refractivity contribution in [3.8, 4) is 0 Å². The summed E-state index contributed by atoms with van der Waals surface area (Å²) < 4.78 is 0. The third-order valence-electron chi connectivity index (χ3n) is 5.77. The van der Waals surface area contributed by atoms with Crippen LogP contribution in [-0.2, 0) is 4.79 Å². The lowest BCUT2D eigenvalue weighted by atomic mass is 9.72. The van der Waals surface area contributed by atoms with Gasteiger partial charge in [-0.3, -0.25) is 4.79 Å².